The zero-order valence-corrected chi connectivity index (χ0v) is 12.6. The molecule has 2 heteroatoms. The van der Waals surface area contributed by atoms with Crippen molar-refractivity contribution in [2.24, 2.45) is 5.92 Å². The SMILES string of the molecule is CCCC(C)CC(CNCC)c1ccc(Cl)cc1. The monoisotopic (exact) mass is 267 g/mol. The average Bonchev–Trinajstić information content (AvgIpc) is 2.36. The third-order valence-corrected chi connectivity index (χ3v) is 3.70. The lowest BCUT2D eigenvalue weighted by atomic mass is 9.87. The Hall–Kier alpha value is -0.530. The Balaban J connectivity index is 2.67. The van der Waals surface area contributed by atoms with Crippen molar-refractivity contribution in [1.82, 2.24) is 5.32 Å². The van der Waals surface area contributed by atoms with Crippen LogP contribution in [0.4, 0.5) is 0 Å². The second-order valence-corrected chi connectivity index (χ2v) is 5.62. The van der Waals surface area contributed by atoms with Crippen molar-refractivity contribution in [1.29, 1.82) is 0 Å². The van der Waals surface area contributed by atoms with Gasteiger partial charge in [0.1, 0.15) is 0 Å². The number of halogens is 1. The Labute approximate surface area is 117 Å². The molecule has 1 aromatic carbocycles. The molecule has 0 bridgehead atoms. The van der Waals surface area contributed by atoms with Crippen LogP contribution in [-0.4, -0.2) is 13.1 Å². The molecule has 0 saturated heterocycles. The molecule has 0 spiro atoms. The van der Waals surface area contributed by atoms with Gasteiger partial charge in [-0.1, -0.05) is 57.3 Å². The van der Waals surface area contributed by atoms with Crippen molar-refractivity contribution >= 4 is 11.6 Å². The largest absolute Gasteiger partial charge is 0.316 e. The van der Waals surface area contributed by atoms with Gasteiger partial charge >= 0.3 is 0 Å². The highest BCUT2D eigenvalue weighted by Gasteiger charge is 2.14. The van der Waals surface area contributed by atoms with Crippen LogP contribution in [0.1, 0.15) is 51.5 Å². The molecule has 1 N–H and O–H groups in total. The van der Waals surface area contributed by atoms with Gasteiger partial charge in [0.15, 0.2) is 0 Å². The van der Waals surface area contributed by atoms with Gasteiger partial charge in [-0.2, -0.15) is 0 Å². The molecule has 1 aromatic rings. The number of rotatable bonds is 8. The topological polar surface area (TPSA) is 12.0 Å². The standard InChI is InChI=1S/C16H26ClN/c1-4-6-13(3)11-15(12-18-5-2)14-7-9-16(17)10-8-14/h7-10,13,15,18H,4-6,11-12H2,1-3H3. The summed E-state index contributed by atoms with van der Waals surface area (Å²) in [7, 11) is 0. The number of hydrogen-bond donors (Lipinski definition) is 1. The van der Waals surface area contributed by atoms with E-state index >= 15 is 0 Å². The molecule has 2 unspecified atom stereocenters. The summed E-state index contributed by atoms with van der Waals surface area (Å²) in [5.41, 5.74) is 1.41. The van der Waals surface area contributed by atoms with E-state index in [1.54, 1.807) is 0 Å². The molecule has 0 amide bonds. The molecule has 1 nitrogen and oxygen atoms in total. The minimum atomic E-state index is 0.601. The molecule has 2 atom stereocenters. The number of nitrogens with one attached hydrogen (secondary N) is 1. The maximum absolute atomic E-state index is 5.96. The van der Waals surface area contributed by atoms with E-state index in [-0.39, 0.29) is 0 Å². The smallest absolute Gasteiger partial charge is 0.0406 e. The summed E-state index contributed by atoms with van der Waals surface area (Å²) in [5.74, 6) is 1.39. The Bertz CT molecular complexity index is 320. The highest BCUT2D eigenvalue weighted by molar-refractivity contribution is 6.30. The highest BCUT2D eigenvalue weighted by Crippen LogP contribution is 2.26. The number of hydrogen-bond acceptors (Lipinski definition) is 1. The van der Waals surface area contributed by atoms with Crippen LogP contribution in [-0.2, 0) is 0 Å². The fourth-order valence-corrected chi connectivity index (χ4v) is 2.61. The van der Waals surface area contributed by atoms with Crippen molar-refractivity contribution in [2.45, 2.75) is 46.0 Å². The van der Waals surface area contributed by atoms with E-state index in [0.29, 0.717) is 5.92 Å². The van der Waals surface area contributed by atoms with Gasteiger partial charge in [-0.25, -0.2) is 0 Å². The van der Waals surface area contributed by atoms with Gasteiger partial charge in [-0.3, -0.25) is 0 Å². The van der Waals surface area contributed by atoms with E-state index < -0.39 is 0 Å². The van der Waals surface area contributed by atoms with Crippen LogP contribution in [0.25, 0.3) is 0 Å². The zero-order chi connectivity index (χ0) is 13.4. The van der Waals surface area contributed by atoms with Gasteiger partial charge in [0.05, 0.1) is 0 Å². The molecule has 0 radical (unpaired) electrons. The van der Waals surface area contributed by atoms with E-state index in [2.05, 4.69) is 38.2 Å². The molecule has 0 fully saturated rings. The molecular formula is C16H26ClN. The molecule has 18 heavy (non-hydrogen) atoms. The van der Waals surface area contributed by atoms with Crippen LogP contribution >= 0.6 is 11.6 Å². The lowest BCUT2D eigenvalue weighted by Gasteiger charge is -2.21. The summed E-state index contributed by atoms with van der Waals surface area (Å²) >= 11 is 5.96. The first-order chi connectivity index (χ1) is 8.67. The van der Waals surface area contributed by atoms with Gasteiger partial charge in [-0.05, 0) is 42.5 Å². The molecule has 0 aliphatic rings. The van der Waals surface area contributed by atoms with Crippen LogP contribution in [0.2, 0.25) is 5.02 Å². The van der Waals surface area contributed by atoms with Crippen LogP contribution in [0.15, 0.2) is 24.3 Å². The van der Waals surface area contributed by atoms with Gasteiger partial charge in [0.2, 0.25) is 0 Å². The van der Waals surface area contributed by atoms with Gasteiger partial charge < -0.3 is 5.32 Å². The first-order valence-corrected chi connectivity index (χ1v) is 7.51. The zero-order valence-electron chi connectivity index (χ0n) is 11.9. The van der Waals surface area contributed by atoms with E-state index in [1.165, 1.54) is 24.8 Å². The van der Waals surface area contributed by atoms with E-state index in [0.717, 1.165) is 24.0 Å². The molecular weight excluding hydrogens is 242 g/mol. The predicted molar refractivity (Wildman–Crippen MR) is 81.4 cm³/mol. The summed E-state index contributed by atoms with van der Waals surface area (Å²) in [5, 5.41) is 4.30. The lowest BCUT2D eigenvalue weighted by molar-refractivity contribution is 0.422. The van der Waals surface area contributed by atoms with E-state index in [4.69, 9.17) is 11.6 Å². The lowest BCUT2D eigenvalue weighted by Crippen LogP contribution is -2.22. The highest BCUT2D eigenvalue weighted by atomic mass is 35.5. The maximum atomic E-state index is 5.96. The van der Waals surface area contributed by atoms with Crippen molar-refractivity contribution in [2.75, 3.05) is 13.1 Å². The molecule has 0 aliphatic heterocycles. The normalized spacial score (nSPS) is 14.4. The summed E-state index contributed by atoms with van der Waals surface area (Å²) in [6, 6.07) is 8.34. The quantitative estimate of drug-likeness (QED) is 0.709. The number of benzene rings is 1. The third-order valence-electron chi connectivity index (χ3n) is 3.45. The first-order valence-electron chi connectivity index (χ1n) is 7.13. The Kier molecular flexibility index (Phi) is 7.38. The Morgan fingerprint density at radius 1 is 1.17 bits per heavy atom. The summed E-state index contributed by atoms with van der Waals surface area (Å²) in [4.78, 5) is 0. The van der Waals surface area contributed by atoms with E-state index in [1.807, 2.05) is 12.1 Å². The summed E-state index contributed by atoms with van der Waals surface area (Å²) in [6.45, 7) is 8.88. The van der Waals surface area contributed by atoms with Gasteiger partial charge in [-0.15, -0.1) is 0 Å². The molecule has 102 valence electrons. The van der Waals surface area contributed by atoms with Crippen molar-refractivity contribution in [3.8, 4) is 0 Å². The van der Waals surface area contributed by atoms with E-state index in [9.17, 15) is 0 Å². The molecule has 0 aromatic heterocycles. The number of likely N-dealkylation sites (N-methyl/N-ethyl adjacent to an activating group) is 1. The van der Waals surface area contributed by atoms with Gasteiger partial charge in [0.25, 0.3) is 0 Å². The summed E-state index contributed by atoms with van der Waals surface area (Å²) in [6.07, 6.45) is 3.84. The average molecular weight is 268 g/mol. The maximum Gasteiger partial charge on any atom is 0.0406 e. The minimum absolute atomic E-state index is 0.601. The van der Waals surface area contributed by atoms with Crippen LogP contribution < -0.4 is 5.32 Å². The fraction of sp³-hybridized carbons (Fsp3) is 0.625. The second-order valence-electron chi connectivity index (χ2n) is 5.19. The molecule has 1 rings (SSSR count). The molecule has 0 heterocycles. The third kappa shape index (κ3) is 5.41. The summed E-state index contributed by atoms with van der Waals surface area (Å²) < 4.78 is 0. The van der Waals surface area contributed by atoms with Crippen molar-refractivity contribution in [3.05, 3.63) is 34.9 Å². The Morgan fingerprint density at radius 2 is 1.83 bits per heavy atom. The second kappa shape index (κ2) is 8.55. The fourth-order valence-electron chi connectivity index (χ4n) is 2.49. The van der Waals surface area contributed by atoms with Crippen molar-refractivity contribution < 1.29 is 0 Å². The first kappa shape index (κ1) is 15.5. The van der Waals surface area contributed by atoms with Crippen LogP contribution in [0.5, 0.6) is 0 Å². The van der Waals surface area contributed by atoms with Crippen LogP contribution in [0.3, 0.4) is 0 Å². The minimum Gasteiger partial charge on any atom is -0.316 e. The van der Waals surface area contributed by atoms with Crippen LogP contribution in [0, 0.1) is 5.92 Å². The molecule has 0 aliphatic carbocycles. The predicted octanol–water partition coefficient (Wildman–Crippen LogP) is 4.86. The molecule has 0 saturated carbocycles. The van der Waals surface area contributed by atoms with Gasteiger partial charge in [0, 0.05) is 11.6 Å². The van der Waals surface area contributed by atoms with Crippen molar-refractivity contribution in [3.63, 3.8) is 0 Å². The Morgan fingerprint density at radius 3 is 2.39 bits per heavy atom.